The third kappa shape index (κ3) is 6.60. The van der Waals surface area contributed by atoms with Crippen molar-refractivity contribution in [1.82, 2.24) is 25.5 Å². The summed E-state index contributed by atoms with van der Waals surface area (Å²) in [6.07, 6.45) is 3.46. The number of halogens is 2. The number of nitrogens with zero attached hydrogens (tertiary/aromatic N) is 2. The highest BCUT2D eigenvalue weighted by Crippen LogP contribution is 2.13. The lowest BCUT2D eigenvalue weighted by Gasteiger charge is -2.30. The van der Waals surface area contributed by atoms with Crippen LogP contribution in [-0.2, 0) is 22.6 Å². The summed E-state index contributed by atoms with van der Waals surface area (Å²) in [6, 6.07) is 6.57. The number of aromatic nitrogens is 2. The predicted molar refractivity (Wildman–Crippen MR) is 127 cm³/mol. The smallest absolute Gasteiger partial charge is 0.243 e. The Hall–Kier alpha value is -3.33. The number of pyridine rings is 1. The van der Waals surface area contributed by atoms with Crippen LogP contribution in [0.3, 0.4) is 0 Å². The van der Waals surface area contributed by atoms with Gasteiger partial charge in [0.15, 0.2) is 11.6 Å². The van der Waals surface area contributed by atoms with Crippen molar-refractivity contribution in [2.24, 2.45) is 0 Å². The molecule has 0 saturated heterocycles. The number of carbonyl (C=O) groups is 2. The first-order valence-corrected chi connectivity index (χ1v) is 11.3. The Balaban J connectivity index is 1.72. The average molecular weight is 472 g/mol. The number of rotatable bonds is 10. The van der Waals surface area contributed by atoms with Crippen LogP contribution in [0.4, 0.5) is 8.78 Å². The van der Waals surface area contributed by atoms with E-state index in [0.29, 0.717) is 5.56 Å². The Morgan fingerprint density at radius 2 is 1.76 bits per heavy atom. The molecule has 34 heavy (non-hydrogen) atoms. The Labute approximate surface area is 197 Å². The first-order valence-electron chi connectivity index (χ1n) is 11.3. The van der Waals surface area contributed by atoms with Crippen molar-refractivity contribution in [2.75, 3.05) is 6.54 Å². The van der Waals surface area contributed by atoms with E-state index in [0.717, 1.165) is 28.7 Å². The Morgan fingerprint density at radius 1 is 1.03 bits per heavy atom. The van der Waals surface area contributed by atoms with Gasteiger partial charge in [0.05, 0.1) is 6.54 Å². The summed E-state index contributed by atoms with van der Waals surface area (Å²) in [5, 5.41) is 6.51. The number of hydrogen-bond donors (Lipinski definition) is 3. The fourth-order valence-electron chi connectivity index (χ4n) is 3.87. The maximum atomic E-state index is 13.7. The number of benzene rings is 1. The highest BCUT2D eigenvalue weighted by molar-refractivity contribution is 5.88. The monoisotopic (exact) mass is 471 g/mol. The van der Waals surface area contributed by atoms with Gasteiger partial charge in [0.2, 0.25) is 11.8 Å². The molecular weight excluding hydrogens is 440 g/mol. The zero-order chi connectivity index (χ0) is 24.8. The lowest BCUT2D eigenvalue weighted by Crippen LogP contribution is -2.52. The van der Waals surface area contributed by atoms with Crippen LogP contribution in [0.15, 0.2) is 42.7 Å². The molecule has 2 heterocycles. The van der Waals surface area contributed by atoms with E-state index in [1.54, 1.807) is 12.4 Å². The largest absolute Gasteiger partial charge is 0.350 e. The maximum Gasteiger partial charge on any atom is 0.243 e. The van der Waals surface area contributed by atoms with Crippen molar-refractivity contribution in [2.45, 2.75) is 58.8 Å². The van der Waals surface area contributed by atoms with Crippen LogP contribution in [0.5, 0.6) is 0 Å². The minimum atomic E-state index is -1.00. The van der Waals surface area contributed by atoms with E-state index in [1.807, 2.05) is 44.7 Å². The summed E-state index contributed by atoms with van der Waals surface area (Å²) in [5.74, 6) is -2.71. The molecule has 1 aromatic carbocycles. The van der Waals surface area contributed by atoms with Crippen LogP contribution in [-0.4, -0.2) is 51.4 Å². The van der Waals surface area contributed by atoms with Gasteiger partial charge in [-0.1, -0.05) is 6.07 Å². The van der Waals surface area contributed by atoms with Crippen molar-refractivity contribution < 1.29 is 18.4 Å². The molecule has 1 atom stereocenters. The Bertz CT molecular complexity index is 1140. The fraction of sp³-hybridized carbons (Fsp3) is 0.400. The molecule has 0 aliphatic heterocycles. The summed E-state index contributed by atoms with van der Waals surface area (Å²) < 4.78 is 27.1. The second-order valence-electron chi connectivity index (χ2n) is 8.91. The Morgan fingerprint density at radius 3 is 2.44 bits per heavy atom. The first kappa shape index (κ1) is 25.3. The van der Waals surface area contributed by atoms with E-state index < -0.39 is 23.6 Å². The van der Waals surface area contributed by atoms with Crippen molar-refractivity contribution >= 4 is 22.8 Å². The molecule has 0 spiro atoms. The molecule has 0 saturated carbocycles. The van der Waals surface area contributed by atoms with E-state index in [9.17, 15) is 18.4 Å². The van der Waals surface area contributed by atoms with E-state index >= 15 is 0 Å². The minimum Gasteiger partial charge on any atom is -0.350 e. The van der Waals surface area contributed by atoms with Gasteiger partial charge in [-0.25, -0.2) is 13.8 Å². The van der Waals surface area contributed by atoms with Gasteiger partial charge in [-0.15, -0.1) is 0 Å². The average Bonchev–Trinajstić information content (AvgIpc) is 3.25. The normalized spacial score (nSPS) is 12.5. The summed E-state index contributed by atoms with van der Waals surface area (Å²) in [7, 11) is 0. The molecule has 182 valence electrons. The van der Waals surface area contributed by atoms with Gasteiger partial charge in [0.1, 0.15) is 11.7 Å². The number of amides is 2. The van der Waals surface area contributed by atoms with Crippen LogP contribution in [0.25, 0.3) is 11.0 Å². The zero-order valence-corrected chi connectivity index (χ0v) is 19.9. The Kier molecular flexibility index (Phi) is 8.33. The van der Waals surface area contributed by atoms with Crippen molar-refractivity contribution in [3.8, 4) is 0 Å². The minimum absolute atomic E-state index is 0.0211. The third-order valence-corrected chi connectivity index (χ3v) is 5.65. The second-order valence-corrected chi connectivity index (χ2v) is 8.91. The van der Waals surface area contributed by atoms with Gasteiger partial charge in [-0.3, -0.25) is 14.5 Å². The number of nitrogens with one attached hydrogen (secondary N) is 3. The number of aromatic amines is 1. The standard InChI is InChI=1S/C25H31F2N5O2/c1-15(2)32(16(3)4)14-23(33)31-22(11-17-5-6-20(26)21(27)10-17)25(34)30-13-18-9-19-7-8-28-24(19)29-12-18/h5-10,12,15-16,22H,11,13-14H2,1-4H3,(H,28,29)(H,30,34)(H,31,33)/t22-/m0/s1. The third-order valence-electron chi connectivity index (χ3n) is 5.65. The highest BCUT2D eigenvalue weighted by atomic mass is 19.2. The predicted octanol–water partition coefficient (Wildman–Crippen LogP) is 3.30. The molecule has 2 amide bonds. The number of carbonyl (C=O) groups excluding carboxylic acids is 2. The molecule has 0 aliphatic rings. The van der Waals surface area contributed by atoms with E-state index in [2.05, 4.69) is 20.6 Å². The zero-order valence-electron chi connectivity index (χ0n) is 19.9. The van der Waals surface area contributed by atoms with Crippen LogP contribution < -0.4 is 10.6 Å². The molecule has 9 heteroatoms. The van der Waals surface area contributed by atoms with Gasteiger partial charge >= 0.3 is 0 Å². The van der Waals surface area contributed by atoms with Gasteiger partial charge in [0.25, 0.3) is 0 Å². The molecule has 0 unspecified atom stereocenters. The fourth-order valence-corrected chi connectivity index (χ4v) is 3.87. The molecule has 0 fully saturated rings. The van der Waals surface area contributed by atoms with Crippen LogP contribution in [0.2, 0.25) is 0 Å². The summed E-state index contributed by atoms with van der Waals surface area (Å²) in [5.41, 5.74) is 1.95. The first-order chi connectivity index (χ1) is 16.1. The van der Waals surface area contributed by atoms with Crippen LogP contribution in [0.1, 0.15) is 38.8 Å². The lowest BCUT2D eigenvalue weighted by atomic mass is 10.0. The molecular formula is C25H31F2N5O2. The number of H-pyrrole nitrogens is 1. The molecule has 3 N–H and O–H groups in total. The van der Waals surface area contributed by atoms with E-state index in [4.69, 9.17) is 0 Å². The molecule has 0 bridgehead atoms. The molecule has 3 aromatic rings. The van der Waals surface area contributed by atoms with Crippen molar-refractivity contribution in [1.29, 1.82) is 0 Å². The molecule has 7 nitrogen and oxygen atoms in total. The topological polar surface area (TPSA) is 90.1 Å². The molecule has 2 aromatic heterocycles. The molecule has 0 radical (unpaired) electrons. The maximum absolute atomic E-state index is 13.7. The van der Waals surface area contributed by atoms with Crippen LogP contribution >= 0.6 is 0 Å². The molecule has 3 rings (SSSR count). The summed E-state index contributed by atoms with van der Waals surface area (Å²) in [6.45, 7) is 8.30. The van der Waals surface area contributed by atoms with E-state index in [-0.39, 0.29) is 37.5 Å². The van der Waals surface area contributed by atoms with Gasteiger partial charge in [-0.2, -0.15) is 0 Å². The molecule has 0 aliphatic carbocycles. The van der Waals surface area contributed by atoms with Gasteiger partial charge in [0, 0.05) is 42.8 Å². The quantitative estimate of drug-likeness (QED) is 0.423. The van der Waals surface area contributed by atoms with Crippen molar-refractivity contribution in [3.63, 3.8) is 0 Å². The highest BCUT2D eigenvalue weighted by Gasteiger charge is 2.24. The van der Waals surface area contributed by atoms with Gasteiger partial charge in [-0.05, 0) is 63.1 Å². The number of hydrogen-bond acceptors (Lipinski definition) is 4. The van der Waals surface area contributed by atoms with Gasteiger partial charge < -0.3 is 15.6 Å². The lowest BCUT2D eigenvalue weighted by molar-refractivity contribution is -0.130. The second kappa shape index (κ2) is 11.2. The van der Waals surface area contributed by atoms with Crippen LogP contribution in [0, 0.1) is 11.6 Å². The number of fused-ring (bicyclic) bond motifs is 1. The SMILES string of the molecule is CC(C)N(CC(=O)N[C@@H](Cc1ccc(F)c(F)c1)C(=O)NCc1cnc2[nH]ccc2c1)C(C)C. The summed E-state index contributed by atoms with van der Waals surface area (Å²) in [4.78, 5) is 35.2. The van der Waals surface area contributed by atoms with Crippen molar-refractivity contribution in [3.05, 3.63) is 65.5 Å². The van der Waals surface area contributed by atoms with E-state index in [1.165, 1.54) is 6.07 Å². The summed E-state index contributed by atoms with van der Waals surface area (Å²) >= 11 is 0.